The lowest BCUT2D eigenvalue weighted by Crippen LogP contribution is -2.50. The second-order valence-corrected chi connectivity index (χ2v) is 4.47. The summed E-state index contributed by atoms with van der Waals surface area (Å²) in [6.45, 7) is 2.47. The van der Waals surface area contributed by atoms with Gasteiger partial charge in [-0.3, -0.25) is 4.79 Å². The lowest BCUT2D eigenvalue weighted by Gasteiger charge is -2.30. The number of nitrogens with zero attached hydrogens (tertiary/aromatic N) is 1. The minimum absolute atomic E-state index is 0. The maximum Gasteiger partial charge on any atom is 0.239 e. The van der Waals surface area contributed by atoms with E-state index < -0.39 is 0 Å². The van der Waals surface area contributed by atoms with Crippen molar-refractivity contribution >= 4 is 18.3 Å². The highest BCUT2D eigenvalue weighted by atomic mass is 35.5. The number of halogens is 1. The average Bonchev–Trinajstić information content (AvgIpc) is 2.82. The van der Waals surface area contributed by atoms with Crippen molar-refractivity contribution in [2.45, 2.75) is 37.8 Å². The van der Waals surface area contributed by atoms with Crippen LogP contribution in [0.25, 0.3) is 0 Å². The Morgan fingerprint density at radius 1 is 1.38 bits per heavy atom. The predicted molar refractivity (Wildman–Crippen MR) is 64.9 cm³/mol. The summed E-state index contributed by atoms with van der Waals surface area (Å²) < 4.78 is 5.30. The lowest BCUT2D eigenvalue weighted by atomic mass is 10.0. The number of nitrogens with one attached hydrogen (secondary N) is 1. The number of rotatable bonds is 2. The molecule has 1 amide bonds. The van der Waals surface area contributed by atoms with Crippen LogP contribution in [0.1, 0.15) is 25.7 Å². The van der Waals surface area contributed by atoms with Gasteiger partial charge >= 0.3 is 0 Å². The monoisotopic (exact) mass is 248 g/mol. The number of carbonyl (C=O) groups is 1. The quantitative estimate of drug-likeness (QED) is 0.786. The Labute approximate surface area is 103 Å². The molecule has 0 aromatic heterocycles. The Balaban J connectivity index is 0.00000128. The molecule has 2 atom stereocenters. The van der Waals surface area contributed by atoms with E-state index in [0.29, 0.717) is 12.6 Å². The Bertz CT molecular complexity index is 226. The van der Waals surface area contributed by atoms with Gasteiger partial charge in [-0.15, -0.1) is 12.4 Å². The standard InChI is InChI=1S/C11H20N2O2.ClH/c1-13(9-5-7-15-8-9)11(14)10-4-2-3-6-12-10;/h9-10,12H,2-8H2,1H3;1H. The summed E-state index contributed by atoms with van der Waals surface area (Å²) in [6.07, 6.45) is 4.32. The molecule has 2 fully saturated rings. The van der Waals surface area contributed by atoms with Crippen LogP contribution < -0.4 is 5.32 Å². The van der Waals surface area contributed by atoms with Gasteiger partial charge in [0.25, 0.3) is 0 Å². The molecule has 0 aromatic rings. The van der Waals surface area contributed by atoms with Gasteiger partial charge in [0.05, 0.1) is 18.7 Å². The van der Waals surface area contributed by atoms with Crippen molar-refractivity contribution in [2.24, 2.45) is 0 Å². The van der Waals surface area contributed by atoms with Gasteiger partial charge in [-0.05, 0) is 25.8 Å². The van der Waals surface area contributed by atoms with E-state index in [9.17, 15) is 4.79 Å². The van der Waals surface area contributed by atoms with Gasteiger partial charge in [-0.25, -0.2) is 0 Å². The number of carbonyl (C=O) groups excluding carboxylic acids is 1. The molecule has 16 heavy (non-hydrogen) atoms. The molecule has 0 aliphatic carbocycles. The third-order valence-electron chi connectivity index (χ3n) is 3.41. The molecule has 2 heterocycles. The molecule has 4 nitrogen and oxygen atoms in total. The Hall–Kier alpha value is -0.320. The first-order valence-electron chi connectivity index (χ1n) is 5.87. The van der Waals surface area contributed by atoms with Crippen LogP contribution in [-0.4, -0.2) is 49.7 Å². The number of ether oxygens (including phenoxy) is 1. The van der Waals surface area contributed by atoms with Crippen molar-refractivity contribution < 1.29 is 9.53 Å². The Morgan fingerprint density at radius 3 is 2.75 bits per heavy atom. The summed E-state index contributed by atoms with van der Waals surface area (Å²) in [5, 5.41) is 3.29. The molecule has 5 heteroatoms. The second-order valence-electron chi connectivity index (χ2n) is 4.47. The van der Waals surface area contributed by atoms with Crippen molar-refractivity contribution in [1.82, 2.24) is 10.2 Å². The molecule has 94 valence electrons. The largest absolute Gasteiger partial charge is 0.379 e. The van der Waals surface area contributed by atoms with Gasteiger partial charge < -0.3 is 15.0 Å². The molecule has 2 saturated heterocycles. The van der Waals surface area contributed by atoms with E-state index >= 15 is 0 Å². The number of piperidine rings is 1. The van der Waals surface area contributed by atoms with Gasteiger partial charge in [0.1, 0.15) is 0 Å². The van der Waals surface area contributed by atoms with Crippen LogP contribution in [0.2, 0.25) is 0 Å². The summed E-state index contributed by atoms with van der Waals surface area (Å²) in [7, 11) is 1.90. The molecule has 0 aromatic carbocycles. The van der Waals surface area contributed by atoms with Gasteiger partial charge in [0.2, 0.25) is 5.91 Å². The number of likely N-dealkylation sites (N-methyl/N-ethyl adjacent to an activating group) is 1. The minimum Gasteiger partial charge on any atom is -0.379 e. The molecule has 0 bridgehead atoms. The SMILES string of the molecule is CN(C(=O)C1CCCCN1)C1CCOC1.Cl. The summed E-state index contributed by atoms with van der Waals surface area (Å²) in [5.74, 6) is 0.241. The molecule has 2 rings (SSSR count). The highest BCUT2D eigenvalue weighted by Gasteiger charge is 2.29. The van der Waals surface area contributed by atoms with E-state index in [-0.39, 0.29) is 24.4 Å². The van der Waals surface area contributed by atoms with Gasteiger partial charge in [0.15, 0.2) is 0 Å². The second kappa shape index (κ2) is 6.42. The molecular formula is C11H21ClN2O2. The van der Waals surface area contributed by atoms with Gasteiger partial charge in [0, 0.05) is 13.7 Å². The highest BCUT2D eigenvalue weighted by Crippen LogP contribution is 2.15. The third kappa shape index (κ3) is 3.09. The smallest absolute Gasteiger partial charge is 0.239 e. The normalized spacial score (nSPS) is 29.6. The molecule has 0 radical (unpaired) electrons. The van der Waals surface area contributed by atoms with Crippen molar-refractivity contribution in [3.05, 3.63) is 0 Å². The van der Waals surface area contributed by atoms with E-state index in [1.165, 1.54) is 12.8 Å². The fourth-order valence-corrected chi connectivity index (χ4v) is 2.32. The fraction of sp³-hybridized carbons (Fsp3) is 0.909. The van der Waals surface area contributed by atoms with Gasteiger partial charge in [-0.2, -0.15) is 0 Å². The van der Waals surface area contributed by atoms with Crippen LogP contribution in [0.4, 0.5) is 0 Å². The minimum atomic E-state index is 0. The number of hydrogen-bond acceptors (Lipinski definition) is 3. The van der Waals surface area contributed by atoms with Crippen LogP contribution in [-0.2, 0) is 9.53 Å². The molecule has 1 N–H and O–H groups in total. The zero-order chi connectivity index (χ0) is 10.7. The van der Waals surface area contributed by atoms with Crippen molar-refractivity contribution in [3.63, 3.8) is 0 Å². The van der Waals surface area contributed by atoms with Gasteiger partial charge in [-0.1, -0.05) is 6.42 Å². The molecular weight excluding hydrogens is 228 g/mol. The molecule has 2 aliphatic heterocycles. The fourth-order valence-electron chi connectivity index (χ4n) is 2.32. The van der Waals surface area contributed by atoms with Crippen molar-refractivity contribution in [3.8, 4) is 0 Å². The molecule has 2 aliphatic rings. The first-order chi connectivity index (χ1) is 7.29. The maximum absolute atomic E-state index is 12.1. The first kappa shape index (κ1) is 13.7. The highest BCUT2D eigenvalue weighted by molar-refractivity contribution is 5.85. The molecule has 2 unspecified atom stereocenters. The molecule has 0 spiro atoms. The lowest BCUT2D eigenvalue weighted by molar-refractivity contribution is -0.134. The predicted octanol–water partition coefficient (Wildman–Crippen LogP) is 0.798. The summed E-state index contributed by atoms with van der Waals surface area (Å²) in [6, 6.07) is 0.338. The summed E-state index contributed by atoms with van der Waals surface area (Å²) in [4.78, 5) is 14.0. The Morgan fingerprint density at radius 2 is 2.19 bits per heavy atom. The van der Waals surface area contributed by atoms with E-state index in [0.717, 1.165) is 26.0 Å². The van der Waals surface area contributed by atoms with Crippen molar-refractivity contribution in [1.29, 1.82) is 0 Å². The topological polar surface area (TPSA) is 41.6 Å². The summed E-state index contributed by atoms with van der Waals surface area (Å²) in [5.41, 5.74) is 0. The van der Waals surface area contributed by atoms with E-state index in [2.05, 4.69) is 5.32 Å². The third-order valence-corrected chi connectivity index (χ3v) is 3.41. The van der Waals surface area contributed by atoms with Crippen LogP contribution in [0.5, 0.6) is 0 Å². The van der Waals surface area contributed by atoms with Crippen LogP contribution in [0.15, 0.2) is 0 Å². The Kier molecular flexibility index (Phi) is 5.52. The number of amides is 1. The van der Waals surface area contributed by atoms with Crippen LogP contribution in [0.3, 0.4) is 0 Å². The van der Waals surface area contributed by atoms with E-state index in [4.69, 9.17) is 4.74 Å². The number of hydrogen-bond donors (Lipinski definition) is 1. The zero-order valence-corrected chi connectivity index (χ0v) is 10.6. The average molecular weight is 249 g/mol. The van der Waals surface area contributed by atoms with E-state index in [1.54, 1.807) is 0 Å². The molecule has 0 saturated carbocycles. The summed E-state index contributed by atoms with van der Waals surface area (Å²) >= 11 is 0. The maximum atomic E-state index is 12.1. The van der Waals surface area contributed by atoms with Crippen molar-refractivity contribution in [2.75, 3.05) is 26.8 Å². The van der Waals surface area contributed by atoms with E-state index in [1.807, 2.05) is 11.9 Å². The van der Waals surface area contributed by atoms with Crippen LogP contribution in [0, 0.1) is 0 Å². The first-order valence-corrected chi connectivity index (χ1v) is 5.87. The van der Waals surface area contributed by atoms with Crippen LogP contribution >= 0.6 is 12.4 Å². The zero-order valence-electron chi connectivity index (χ0n) is 9.78.